The molecule has 0 atom stereocenters. The number of ether oxygens (including phenoxy) is 1. The van der Waals surface area contributed by atoms with Crippen molar-refractivity contribution in [3.8, 4) is 23.1 Å². The molecule has 0 saturated heterocycles. The molecule has 0 fully saturated rings. The Bertz CT molecular complexity index is 998. The van der Waals surface area contributed by atoms with Crippen LogP contribution in [-0.4, -0.2) is 20.7 Å². The fraction of sp³-hybridized carbons (Fsp3) is 0.133. The van der Waals surface area contributed by atoms with Gasteiger partial charge in [-0.25, -0.2) is 4.98 Å². The molecule has 0 aliphatic carbocycles. The number of nitrogens with zero attached hydrogens (tertiary/aromatic N) is 4. The number of nitriles is 1. The van der Waals surface area contributed by atoms with Crippen LogP contribution in [0.25, 0.3) is 16.8 Å². The zero-order valence-corrected chi connectivity index (χ0v) is 12.4. The molecule has 0 unspecified atom stereocenters. The number of hydrogen-bond acceptors (Lipinski definition) is 4. The quantitative estimate of drug-likeness (QED) is 0.633. The third-order valence-electron chi connectivity index (χ3n) is 3.27. The Morgan fingerprint density at radius 3 is 2.23 bits per heavy atom. The second kappa shape index (κ2) is 5.91. The molecule has 0 bridgehead atoms. The van der Waals surface area contributed by atoms with E-state index in [9.17, 15) is 26.3 Å². The third kappa shape index (κ3) is 3.39. The molecular weight excluding hydrogens is 366 g/mol. The van der Waals surface area contributed by atoms with Crippen LogP contribution in [0.3, 0.4) is 0 Å². The van der Waals surface area contributed by atoms with Gasteiger partial charge in [0.2, 0.25) is 5.82 Å². The molecule has 26 heavy (non-hydrogen) atoms. The van der Waals surface area contributed by atoms with E-state index in [-0.39, 0.29) is 16.8 Å². The highest BCUT2D eigenvalue weighted by Gasteiger charge is 2.37. The molecule has 3 aromatic rings. The zero-order valence-electron chi connectivity index (χ0n) is 12.4. The van der Waals surface area contributed by atoms with Crippen molar-refractivity contribution in [3.63, 3.8) is 0 Å². The summed E-state index contributed by atoms with van der Waals surface area (Å²) in [6, 6.07) is 6.00. The molecule has 0 N–H and O–H groups in total. The average Bonchev–Trinajstić information content (AvgIpc) is 2.92. The molecule has 0 radical (unpaired) electrons. The van der Waals surface area contributed by atoms with Crippen LogP contribution in [0.1, 0.15) is 11.5 Å². The number of imidazole rings is 1. The van der Waals surface area contributed by atoms with E-state index in [1.54, 1.807) is 6.07 Å². The first kappa shape index (κ1) is 17.5. The zero-order chi connectivity index (χ0) is 19.1. The van der Waals surface area contributed by atoms with Gasteiger partial charge in [0.05, 0.1) is 11.9 Å². The molecule has 0 aliphatic rings. The smallest absolute Gasteiger partial charge is 0.406 e. The van der Waals surface area contributed by atoms with Crippen molar-refractivity contribution in [2.75, 3.05) is 0 Å². The fourth-order valence-corrected chi connectivity index (χ4v) is 2.24. The van der Waals surface area contributed by atoms with E-state index in [0.717, 1.165) is 24.5 Å². The number of fused-ring (bicyclic) bond motifs is 1. The van der Waals surface area contributed by atoms with Crippen molar-refractivity contribution in [3.05, 3.63) is 48.2 Å². The largest absolute Gasteiger partial charge is 0.573 e. The average molecular weight is 372 g/mol. The fourth-order valence-electron chi connectivity index (χ4n) is 2.24. The van der Waals surface area contributed by atoms with Crippen LogP contribution >= 0.6 is 0 Å². The summed E-state index contributed by atoms with van der Waals surface area (Å²) in [6.45, 7) is 0. The topological polar surface area (TPSA) is 63.2 Å². The van der Waals surface area contributed by atoms with Gasteiger partial charge in [0.1, 0.15) is 17.3 Å². The summed E-state index contributed by atoms with van der Waals surface area (Å²) >= 11 is 0. The molecule has 0 amide bonds. The van der Waals surface area contributed by atoms with Crippen LogP contribution in [0.2, 0.25) is 0 Å². The summed E-state index contributed by atoms with van der Waals surface area (Å²) in [4.78, 5) is 7.20. The Kier molecular flexibility index (Phi) is 3.98. The minimum atomic E-state index is -4.86. The first-order valence-corrected chi connectivity index (χ1v) is 6.80. The lowest BCUT2D eigenvalue weighted by molar-refractivity contribution is -0.274. The number of halogens is 6. The van der Waals surface area contributed by atoms with E-state index in [1.165, 1.54) is 12.1 Å². The monoisotopic (exact) mass is 372 g/mol. The minimum Gasteiger partial charge on any atom is -0.406 e. The van der Waals surface area contributed by atoms with Crippen molar-refractivity contribution < 1.29 is 31.1 Å². The van der Waals surface area contributed by atoms with E-state index in [0.29, 0.717) is 4.40 Å². The van der Waals surface area contributed by atoms with E-state index >= 15 is 0 Å². The molecule has 134 valence electrons. The van der Waals surface area contributed by atoms with Gasteiger partial charge in [0.15, 0.2) is 5.69 Å². The van der Waals surface area contributed by atoms with Gasteiger partial charge in [0, 0.05) is 11.8 Å². The molecule has 0 aliphatic heterocycles. The number of hydrogen-bond donors (Lipinski definition) is 0. The number of rotatable bonds is 2. The Morgan fingerprint density at radius 1 is 1.04 bits per heavy atom. The molecule has 3 rings (SSSR count). The van der Waals surface area contributed by atoms with Crippen molar-refractivity contribution in [2.45, 2.75) is 12.5 Å². The molecule has 2 aromatic heterocycles. The molecule has 1 aromatic carbocycles. The first-order valence-electron chi connectivity index (χ1n) is 6.80. The van der Waals surface area contributed by atoms with E-state index in [2.05, 4.69) is 14.7 Å². The summed E-state index contributed by atoms with van der Waals surface area (Å²) in [7, 11) is 0. The predicted molar refractivity (Wildman–Crippen MR) is 74.8 cm³/mol. The van der Waals surface area contributed by atoms with Gasteiger partial charge >= 0.3 is 12.5 Å². The maximum absolute atomic E-state index is 13.1. The van der Waals surface area contributed by atoms with E-state index < -0.39 is 29.8 Å². The predicted octanol–water partition coefficient (Wildman–Crippen LogP) is 4.19. The van der Waals surface area contributed by atoms with Crippen LogP contribution in [0, 0.1) is 11.3 Å². The SMILES string of the molecule is N#Cc1nc(C(F)(F)F)n2cc(-c3ccc(OC(F)(F)F)cc3)ncc12. The Labute approximate surface area is 141 Å². The van der Waals surface area contributed by atoms with Crippen LogP contribution in [0.4, 0.5) is 26.3 Å². The van der Waals surface area contributed by atoms with Crippen molar-refractivity contribution >= 4 is 5.52 Å². The second-order valence-electron chi connectivity index (χ2n) is 4.99. The lowest BCUT2D eigenvalue weighted by atomic mass is 10.1. The highest BCUT2D eigenvalue weighted by molar-refractivity contribution is 5.64. The maximum atomic E-state index is 13.1. The van der Waals surface area contributed by atoms with Crippen molar-refractivity contribution in [1.29, 1.82) is 5.26 Å². The molecule has 0 saturated carbocycles. The van der Waals surface area contributed by atoms with Gasteiger partial charge in [-0.3, -0.25) is 9.38 Å². The Morgan fingerprint density at radius 2 is 1.69 bits per heavy atom. The van der Waals surface area contributed by atoms with E-state index in [4.69, 9.17) is 5.26 Å². The van der Waals surface area contributed by atoms with Gasteiger partial charge in [-0.2, -0.15) is 18.4 Å². The standard InChI is InChI=1S/C15H6F6N4O/c16-14(17,18)13-24-10(5-22)12-6-23-11(7-25(12)13)8-1-3-9(4-2-8)26-15(19,20)21/h1-4,6-7H. The summed E-state index contributed by atoms with van der Waals surface area (Å²) in [5.74, 6) is -1.78. The van der Waals surface area contributed by atoms with Crippen LogP contribution < -0.4 is 4.74 Å². The van der Waals surface area contributed by atoms with Gasteiger partial charge in [0.25, 0.3) is 0 Å². The van der Waals surface area contributed by atoms with Gasteiger partial charge in [-0.1, -0.05) is 0 Å². The van der Waals surface area contributed by atoms with Gasteiger partial charge in [-0.05, 0) is 24.3 Å². The molecule has 11 heteroatoms. The second-order valence-corrected chi connectivity index (χ2v) is 4.99. The van der Waals surface area contributed by atoms with Gasteiger partial charge < -0.3 is 4.74 Å². The number of alkyl halides is 6. The first-order chi connectivity index (χ1) is 12.1. The summed E-state index contributed by atoms with van der Waals surface area (Å²) in [6.07, 6.45) is -7.62. The summed E-state index contributed by atoms with van der Waals surface area (Å²) in [5.41, 5.74) is -0.281. The highest BCUT2D eigenvalue weighted by atomic mass is 19.4. The molecule has 2 heterocycles. The Balaban J connectivity index is 2.05. The van der Waals surface area contributed by atoms with Crippen LogP contribution in [0.5, 0.6) is 5.75 Å². The molecule has 5 nitrogen and oxygen atoms in total. The van der Waals surface area contributed by atoms with Crippen molar-refractivity contribution in [1.82, 2.24) is 14.4 Å². The normalized spacial score (nSPS) is 12.2. The molecule has 0 spiro atoms. The third-order valence-corrected chi connectivity index (χ3v) is 3.27. The van der Waals surface area contributed by atoms with E-state index in [1.807, 2.05) is 0 Å². The minimum absolute atomic E-state index is 0.0449. The highest BCUT2D eigenvalue weighted by Crippen LogP contribution is 2.31. The summed E-state index contributed by atoms with van der Waals surface area (Å²) in [5, 5.41) is 8.90. The Hall–Kier alpha value is -3.29. The molecular formula is C15H6F6N4O. The van der Waals surface area contributed by atoms with Crippen molar-refractivity contribution in [2.24, 2.45) is 0 Å². The maximum Gasteiger partial charge on any atom is 0.573 e. The number of aromatic nitrogens is 3. The number of benzene rings is 1. The van der Waals surface area contributed by atoms with Gasteiger partial charge in [-0.15, -0.1) is 13.2 Å². The summed E-state index contributed by atoms with van der Waals surface area (Å²) < 4.78 is 80.1. The lowest BCUT2D eigenvalue weighted by Gasteiger charge is -2.10. The van der Waals surface area contributed by atoms with Crippen LogP contribution in [0.15, 0.2) is 36.7 Å². The lowest BCUT2D eigenvalue weighted by Crippen LogP contribution is -2.16. The van der Waals surface area contributed by atoms with Crippen LogP contribution in [-0.2, 0) is 6.18 Å².